The first-order chi connectivity index (χ1) is 18.2. The highest BCUT2D eigenvalue weighted by molar-refractivity contribution is 8.03. The van der Waals surface area contributed by atoms with Crippen LogP contribution < -0.4 is 16.0 Å². The maximum absolute atomic E-state index is 13.7. The molecular weight excluding hydrogens is 496 g/mol. The maximum atomic E-state index is 13.7. The summed E-state index contributed by atoms with van der Waals surface area (Å²) >= 11 is 1.22. The van der Waals surface area contributed by atoms with Crippen molar-refractivity contribution in [3.05, 3.63) is 105 Å². The summed E-state index contributed by atoms with van der Waals surface area (Å²) in [6.45, 7) is 9.65. The number of aryl methyl sites for hydroxylation is 4. The van der Waals surface area contributed by atoms with Gasteiger partial charge in [-0.05, 0) is 69.5 Å². The Kier molecular flexibility index (Phi) is 8.08. The molecule has 1 aromatic heterocycles. The number of hydrogen-bond acceptors (Lipinski definition) is 6. The van der Waals surface area contributed by atoms with E-state index in [0.717, 1.165) is 33.6 Å². The number of nitrogens with zero attached hydrogens (tertiary/aromatic N) is 1. The van der Waals surface area contributed by atoms with Crippen LogP contribution in [0, 0.1) is 39.0 Å². The van der Waals surface area contributed by atoms with Gasteiger partial charge in [0.25, 0.3) is 5.91 Å². The average molecular weight is 527 g/mol. The van der Waals surface area contributed by atoms with Crippen LogP contribution in [-0.2, 0) is 9.59 Å². The number of thioether (sulfide) groups is 1. The summed E-state index contributed by atoms with van der Waals surface area (Å²) in [4.78, 5) is 26.4. The van der Waals surface area contributed by atoms with E-state index in [-0.39, 0.29) is 17.6 Å². The van der Waals surface area contributed by atoms with Crippen LogP contribution in [0.2, 0.25) is 0 Å². The largest absolute Gasteiger partial charge is 0.468 e. The fraction of sp³-hybridized carbons (Fsp3) is 0.233. The molecular formula is C30H30N4O3S. The third-order valence-corrected chi connectivity index (χ3v) is 7.42. The summed E-state index contributed by atoms with van der Waals surface area (Å²) in [5.41, 5.74) is 6.79. The number of hydrogen-bond donors (Lipinski definition) is 3. The van der Waals surface area contributed by atoms with E-state index in [1.54, 1.807) is 19.1 Å². The van der Waals surface area contributed by atoms with Crippen LogP contribution in [0.4, 0.5) is 11.4 Å². The van der Waals surface area contributed by atoms with E-state index in [9.17, 15) is 14.9 Å². The van der Waals surface area contributed by atoms with Gasteiger partial charge in [0.05, 0.1) is 40.2 Å². The molecule has 0 aliphatic carbocycles. The molecule has 0 spiro atoms. The summed E-state index contributed by atoms with van der Waals surface area (Å²) in [6.07, 6.45) is 1.52. The highest BCUT2D eigenvalue weighted by Gasteiger charge is 2.36. The van der Waals surface area contributed by atoms with E-state index in [1.165, 1.54) is 18.0 Å². The van der Waals surface area contributed by atoms with Gasteiger partial charge in [0.15, 0.2) is 0 Å². The summed E-state index contributed by atoms with van der Waals surface area (Å²) in [7, 11) is 0. The highest BCUT2D eigenvalue weighted by atomic mass is 32.2. The van der Waals surface area contributed by atoms with Crippen LogP contribution in [0.1, 0.15) is 40.9 Å². The zero-order chi connectivity index (χ0) is 27.4. The first-order valence-electron chi connectivity index (χ1n) is 12.2. The number of nitrogens with one attached hydrogen (secondary N) is 3. The molecule has 0 unspecified atom stereocenters. The Hall–Kier alpha value is -4.22. The van der Waals surface area contributed by atoms with Crippen molar-refractivity contribution < 1.29 is 14.0 Å². The fourth-order valence-corrected chi connectivity index (χ4v) is 5.55. The monoisotopic (exact) mass is 526 g/mol. The Morgan fingerprint density at radius 2 is 1.71 bits per heavy atom. The number of anilines is 2. The first-order valence-corrected chi connectivity index (χ1v) is 13.2. The lowest BCUT2D eigenvalue weighted by Gasteiger charge is -2.28. The number of dihydropyridines is 1. The van der Waals surface area contributed by atoms with Crippen LogP contribution in [0.5, 0.6) is 0 Å². The second-order valence-corrected chi connectivity index (χ2v) is 10.3. The average Bonchev–Trinajstić information content (AvgIpc) is 3.40. The summed E-state index contributed by atoms with van der Waals surface area (Å²) in [5.74, 6) is -0.665. The number of carbonyl (C=O) groups is 2. The van der Waals surface area contributed by atoms with Gasteiger partial charge in [0, 0.05) is 17.1 Å². The minimum atomic E-state index is -0.718. The van der Waals surface area contributed by atoms with E-state index in [4.69, 9.17) is 4.42 Å². The molecule has 0 bridgehead atoms. The molecule has 7 nitrogen and oxygen atoms in total. The Bertz CT molecular complexity index is 1470. The molecule has 3 aromatic rings. The topological polar surface area (TPSA) is 107 Å². The van der Waals surface area contributed by atoms with Crippen molar-refractivity contribution in [3.63, 3.8) is 0 Å². The molecule has 4 rings (SSSR count). The predicted molar refractivity (Wildman–Crippen MR) is 151 cm³/mol. The standard InChI is InChI=1S/C30H30N4O3S/c1-17-13-19(3)28(20(4)14-17)34-29(36)26-21(5)32-30(22(15-31)27(26)24-11-8-12-37-24)38-16-25(35)33-23-10-7-6-9-18(23)2/h6-14,27,32H,16H2,1-5H3,(H,33,35)(H,34,36)/t27-/m1/s1. The number of furan rings is 1. The van der Waals surface area contributed by atoms with Gasteiger partial charge in [-0.3, -0.25) is 9.59 Å². The second-order valence-electron chi connectivity index (χ2n) is 9.35. The number of amides is 2. The predicted octanol–water partition coefficient (Wildman–Crippen LogP) is 6.22. The quantitative estimate of drug-likeness (QED) is 0.337. The van der Waals surface area contributed by atoms with E-state index in [0.29, 0.717) is 27.6 Å². The number of allylic oxidation sites excluding steroid dienone is 2. The van der Waals surface area contributed by atoms with Crippen molar-refractivity contribution in [3.8, 4) is 6.07 Å². The molecule has 0 radical (unpaired) electrons. The number of benzene rings is 2. The van der Waals surface area contributed by atoms with Gasteiger partial charge in [-0.1, -0.05) is 47.7 Å². The van der Waals surface area contributed by atoms with Crippen molar-refractivity contribution in [1.82, 2.24) is 5.32 Å². The van der Waals surface area contributed by atoms with Gasteiger partial charge in [0.2, 0.25) is 5.91 Å². The lowest BCUT2D eigenvalue weighted by molar-refractivity contribution is -0.114. The van der Waals surface area contributed by atoms with Gasteiger partial charge in [-0.25, -0.2) is 0 Å². The lowest BCUT2D eigenvalue weighted by atomic mass is 9.85. The Balaban J connectivity index is 1.62. The molecule has 3 N–H and O–H groups in total. The highest BCUT2D eigenvalue weighted by Crippen LogP contribution is 2.41. The van der Waals surface area contributed by atoms with Gasteiger partial charge in [-0.15, -0.1) is 0 Å². The minimum Gasteiger partial charge on any atom is -0.468 e. The van der Waals surface area contributed by atoms with Crippen LogP contribution in [0.25, 0.3) is 0 Å². The van der Waals surface area contributed by atoms with Crippen LogP contribution in [0.3, 0.4) is 0 Å². The lowest BCUT2D eigenvalue weighted by Crippen LogP contribution is -2.31. The smallest absolute Gasteiger partial charge is 0.254 e. The maximum Gasteiger partial charge on any atom is 0.254 e. The van der Waals surface area contributed by atoms with E-state index in [1.807, 2.05) is 64.1 Å². The number of para-hydroxylation sites is 1. The molecule has 38 heavy (non-hydrogen) atoms. The number of nitriles is 1. The molecule has 194 valence electrons. The normalized spacial score (nSPS) is 15.1. The molecule has 1 aliphatic heterocycles. The zero-order valence-corrected chi connectivity index (χ0v) is 22.9. The molecule has 2 heterocycles. The molecule has 2 aromatic carbocycles. The molecule has 0 saturated heterocycles. The third-order valence-electron chi connectivity index (χ3n) is 6.40. The number of carbonyl (C=O) groups excluding carboxylic acids is 2. The van der Waals surface area contributed by atoms with Gasteiger partial charge < -0.3 is 20.4 Å². The molecule has 0 fully saturated rings. The Morgan fingerprint density at radius 1 is 1.00 bits per heavy atom. The Labute approximate surface area is 227 Å². The molecule has 1 aliphatic rings. The molecule has 2 amide bonds. The minimum absolute atomic E-state index is 0.0866. The fourth-order valence-electron chi connectivity index (χ4n) is 4.66. The SMILES string of the molecule is CC1=C(C(=O)Nc2c(C)cc(C)cc2C)[C@@H](c2ccco2)C(C#N)=C(SCC(=O)Nc2ccccc2C)N1. The third kappa shape index (κ3) is 5.68. The summed E-state index contributed by atoms with van der Waals surface area (Å²) in [6, 6.07) is 17.3. The van der Waals surface area contributed by atoms with Crippen LogP contribution in [-0.4, -0.2) is 17.6 Å². The van der Waals surface area contributed by atoms with Crippen molar-refractivity contribution in [2.45, 2.75) is 40.5 Å². The Morgan fingerprint density at radius 3 is 2.34 bits per heavy atom. The second kappa shape index (κ2) is 11.4. The summed E-state index contributed by atoms with van der Waals surface area (Å²) < 4.78 is 5.70. The molecule has 0 saturated carbocycles. The van der Waals surface area contributed by atoms with Crippen LogP contribution in [0.15, 0.2) is 81.1 Å². The van der Waals surface area contributed by atoms with Gasteiger partial charge in [-0.2, -0.15) is 5.26 Å². The first kappa shape index (κ1) is 26.8. The van der Waals surface area contributed by atoms with Crippen molar-refractivity contribution in [2.75, 3.05) is 16.4 Å². The van der Waals surface area contributed by atoms with Crippen molar-refractivity contribution >= 4 is 35.0 Å². The number of rotatable bonds is 7. The van der Waals surface area contributed by atoms with Gasteiger partial charge >= 0.3 is 0 Å². The zero-order valence-electron chi connectivity index (χ0n) is 22.1. The van der Waals surface area contributed by atoms with Crippen LogP contribution >= 0.6 is 11.8 Å². The van der Waals surface area contributed by atoms with E-state index >= 15 is 0 Å². The summed E-state index contributed by atoms with van der Waals surface area (Å²) in [5, 5.41) is 19.9. The molecule has 8 heteroatoms. The van der Waals surface area contributed by atoms with Gasteiger partial charge in [0.1, 0.15) is 5.76 Å². The molecule has 1 atom stereocenters. The van der Waals surface area contributed by atoms with E-state index < -0.39 is 5.92 Å². The van der Waals surface area contributed by atoms with Crippen molar-refractivity contribution in [1.29, 1.82) is 5.26 Å². The van der Waals surface area contributed by atoms with E-state index in [2.05, 4.69) is 22.0 Å². The van der Waals surface area contributed by atoms with Crippen molar-refractivity contribution in [2.24, 2.45) is 0 Å².